The van der Waals surface area contributed by atoms with Gasteiger partial charge in [-0.15, -0.1) is 34.0 Å². The van der Waals surface area contributed by atoms with Crippen LogP contribution in [0, 0.1) is 0 Å². The monoisotopic (exact) mass is 1860 g/mol. The van der Waals surface area contributed by atoms with Crippen molar-refractivity contribution in [3.63, 3.8) is 0 Å². The summed E-state index contributed by atoms with van der Waals surface area (Å²) in [5, 5.41) is 30.5. The predicted octanol–water partition coefficient (Wildman–Crippen LogP) is 32.4. The van der Waals surface area contributed by atoms with E-state index in [1.165, 1.54) is 66.6 Å². The molecule has 0 saturated heterocycles. The first-order valence-corrected chi connectivity index (χ1v) is 49.6. The van der Waals surface area contributed by atoms with E-state index in [0.29, 0.717) is 11.9 Å². The van der Waals surface area contributed by atoms with Crippen LogP contribution >= 0.6 is 34.0 Å². The summed E-state index contributed by atoms with van der Waals surface area (Å²) in [7, 11) is 0. The van der Waals surface area contributed by atoms with Gasteiger partial charge in [-0.3, -0.25) is 33.6 Å². The van der Waals surface area contributed by atoms with Gasteiger partial charge < -0.3 is 0 Å². The van der Waals surface area contributed by atoms with Crippen molar-refractivity contribution in [1.29, 1.82) is 0 Å². The minimum atomic E-state index is 0.602. The molecule has 0 atom stereocenters. The van der Waals surface area contributed by atoms with Crippen LogP contribution in [-0.2, 0) is 0 Å². The van der Waals surface area contributed by atoms with Gasteiger partial charge >= 0.3 is 0 Å². The molecule has 0 aliphatic rings. The first-order valence-electron chi connectivity index (χ1n) is 47.2. The fraction of sp³-hybridized carbons (Fsp3) is 0. The van der Waals surface area contributed by atoms with Gasteiger partial charge in [0.15, 0.2) is 0 Å². The topological polar surface area (TPSA) is 169 Å². The Morgan fingerprint density at radius 3 is 1.23 bits per heavy atom. The van der Waals surface area contributed by atoms with Crippen molar-refractivity contribution >= 4 is 269 Å². The number of hydrogen-bond acceptors (Lipinski definition) is 15. The largest absolute Gasteiger partial charge is 0.277 e. The van der Waals surface area contributed by atoms with Crippen molar-refractivity contribution in [3.8, 4) is 62.5 Å². The van der Waals surface area contributed by atoms with Crippen LogP contribution in [0.4, 0.5) is 0 Å². The molecule has 0 unspecified atom stereocenters. The number of fused-ring (bicyclic) bond motifs is 42. The van der Waals surface area contributed by atoms with Crippen LogP contribution in [0.2, 0.25) is 0 Å². The van der Waals surface area contributed by atoms with Crippen LogP contribution in [0.15, 0.2) is 420 Å². The van der Waals surface area contributed by atoms with E-state index < -0.39 is 0 Å². The Kier molecular flexibility index (Phi) is 17.7. The standard InChI is InChI=1S/C44H25N5S.C42H23N5S.C38H21N5S/c1-3-10-26(11-4-1)28-20-23-46-40-29(28)17-18-30-34(27-12-5-2-6-13-27)24-37(48-41(30)40)49-42-38(33-15-9-21-47-44(33)49)35-25-45-22-19-31(35)43-39(42)32-14-7-8-16-36(32)50-43;1-2-11-24(12-3-1)37-35-27-15-6-4-13-25(27)26-14-5-7-16-29(26)38(35)46-42(45-37)47-39-34(31-18-10-21-44-41(31)47)28-20-22-43-23-32(28)40-36(39)30-17-8-9-19-33(30)48-40;1-2-11-23(12-3-1)32-28-19-18-22-10-4-5-13-24(22)33(28)42-38(41-32)43-35-30(27-16-9-21-40-37(27)43)26-15-8-20-39-34(26)36-31(35)25-14-6-7-17-29(25)44-36/h1-25H;1-23H;1-21H. The van der Waals surface area contributed by atoms with E-state index in [1.54, 1.807) is 11.3 Å². The highest BCUT2D eigenvalue weighted by molar-refractivity contribution is 7.28. The molecule has 0 aliphatic heterocycles. The normalized spacial score (nSPS) is 12.1. The molecule has 0 fully saturated rings. The summed E-state index contributed by atoms with van der Waals surface area (Å²) in [5.41, 5.74) is 18.7. The Morgan fingerprint density at radius 2 is 0.613 bits per heavy atom. The Hall–Kier alpha value is -18.5. The summed E-state index contributed by atoms with van der Waals surface area (Å²) in [5.74, 6) is 2.01. The van der Waals surface area contributed by atoms with Crippen molar-refractivity contribution in [2.45, 2.75) is 0 Å². The van der Waals surface area contributed by atoms with Gasteiger partial charge in [0.2, 0.25) is 11.9 Å². The molecule has 0 spiro atoms. The van der Waals surface area contributed by atoms with E-state index in [-0.39, 0.29) is 0 Å². The number of thiophene rings is 3. The zero-order chi connectivity index (χ0) is 92.9. The van der Waals surface area contributed by atoms with E-state index in [0.717, 1.165) is 219 Å². The highest BCUT2D eigenvalue weighted by Gasteiger charge is 2.31. The zero-order valence-corrected chi connectivity index (χ0v) is 77.7. The lowest BCUT2D eigenvalue weighted by atomic mass is 9.94. The highest BCUT2D eigenvalue weighted by Crippen LogP contribution is 2.54. The predicted molar refractivity (Wildman–Crippen MR) is 591 cm³/mol. The molecule has 142 heavy (non-hydrogen) atoms. The second kappa shape index (κ2) is 31.5. The number of hydrogen-bond donors (Lipinski definition) is 0. The molecule has 18 heteroatoms. The first-order chi connectivity index (χ1) is 70.5. The van der Waals surface area contributed by atoms with Crippen LogP contribution in [0.5, 0.6) is 0 Å². The Bertz CT molecular complexity index is 11000. The average molecular weight is 1870 g/mol. The molecule has 32 rings (SSSR count). The summed E-state index contributed by atoms with van der Waals surface area (Å²) in [6, 6.07) is 128. The molecule has 15 nitrogen and oxygen atoms in total. The maximum Gasteiger partial charge on any atom is 0.237 e. The van der Waals surface area contributed by atoms with Crippen molar-refractivity contribution in [3.05, 3.63) is 420 Å². The number of aromatic nitrogens is 15. The number of nitrogens with zero attached hydrogens (tertiary/aromatic N) is 15. The Morgan fingerprint density at radius 1 is 0.197 bits per heavy atom. The smallest absolute Gasteiger partial charge is 0.237 e. The summed E-state index contributed by atoms with van der Waals surface area (Å²) >= 11 is 5.43. The lowest BCUT2D eigenvalue weighted by Gasteiger charge is -2.16. The maximum absolute atomic E-state index is 5.57. The van der Waals surface area contributed by atoms with Crippen molar-refractivity contribution < 1.29 is 0 Å². The molecular formula is C124H69N15S3. The fourth-order valence-electron chi connectivity index (χ4n) is 22.4. The van der Waals surface area contributed by atoms with Gasteiger partial charge in [0.05, 0.1) is 60.2 Å². The Balaban J connectivity index is 0.0000000998. The van der Waals surface area contributed by atoms with Gasteiger partial charge in [-0.25, -0.2) is 39.9 Å². The van der Waals surface area contributed by atoms with Gasteiger partial charge in [-0.2, -0.15) is 0 Å². The summed E-state index contributed by atoms with van der Waals surface area (Å²) < 4.78 is 14.0. The quantitative estimate of drug-likeness (QED) is 0.139. The fourth-order valence-corrected chi connectivity index (χ4v) is 26.1. The number of pyridine rings is 8. The third-order valence-corrected chi connectivity index (χ3v) is 31.9. The third-order valence-electron chi connectivity index (χ3n) is 28.4. The summed E-state index contributed by atoms with van der Waals surface area (Å²) in [6.07, 6.45) is 17.2. The van der Waals surface area contributed by atoms with Gasteiger partial charge in [0.1, 0.15) is 22.8 Å². The third kappa shape index (κ3) is 11.9. The Labute approximate surface area is 818 Å². The molecule has 658 valence electrons. The molecule has 0 N–H and O–H groups in total. The molecule has 0 aliphatic carbocycles. The lowest BCUT2D eigenvalue weighted by Crippen LogP contribution is -2.05. The molecule has 0 saturated carbocycles. The van der Waals surface area contributed by atoms with E-state index in [2.05, 4.69) is 357 Å². The number of benzene rings is 16. The van der Waals surface area contributed by atoms with Crippen LogP contribution in [0.1, 0.15) is 0 Å². The molecule has 16 heterocycles. The minimum Gasteiger partial charge on any atom is -0.277 e. The SMILES string of the molecule is c1ccc(-c2ccnc3c2ccc2c(-c4ccccc4)cc(-n4c5ncccc5c5c6cnccc6c6sc7ccccc7c6c54)nc23)cc1.c1ccc(-c2nc(-n3c4ncccc4c4c5cccnc5c5sc6ccccc6c5c43)nc3c2ccc2ccccc23)cc1.c1ccc(-c2nc(-n3c4ncccc4c4c5ccncc5c5sc6ccccc6c5c43)nc3c4ccccc4c4ccccc4c23)cc1. The second-order valence-corrected chi connectivity index (χ2v) is 39.1. The average Bonchev–Trinajstić information content (AvgIpc) is 1.55. The molecule has 16 aromatic heterocycles. The van der Waals surface area contributed by atoms with Gasteiger partial charge in [-0.1, -0.05) is 273 Å². The van der Waals surface area contributed by atoms with E-state index in [1.807, 2.05) is 109 Å². The van der Waals surface area contributed by atoms with Crippen LogP contribution in [0.3, 0.4) is 0 Å². The highest BCUT2D eigenvalue weighted by atomic mass is 32.1. The van der Waals surface area contributed by atoms with Crippen LogP contribution in [-0.4, -0.2) is 73.5 Å². The number of rotatable bonds is 7. The summed E-state index contributed by atoms with van der Waals surface area (Å²) in [4.78, 5) is 61.6. The van der Waals surface area contributed by atoms with E-state index >= 15 is 0 Å². The van der Waals surface area contributed by atoms with Gasteiger partial charge in [0, 0.05) is 209 Å². The molecule has 32 aromatic rings. The van der Waals surface area contributed by atoms with Crippen molar-refractivity contribution in [2.75, 3.05) is 0 Å². The maximum atomic E-state index is 5.57. The van der Waals surface area contributed by atoms with Gasteiger partial charge in [-0.05, 0) is 140 Å². The molecular weight excluding hydrogens is 1800 g/mol. The lowest BCUT2D eigenvalue weighted by molar-refractivity contribution is 1.00. The molecule has 16 aromatic carbocycles. The van der Waals surface area contributed by atoms with Crippen molar-refractivity contribution in [1.82, 2.24) is 73.5 Å². The van der Waals surface area contributed by atoms with E-state index in [4.69, 9.17) is 49.8 Å². The van der Waals surface area contributed by atoms with E-state index in [9.17, 15) is 0 Å². The van der Waals surface area contributed by atoms with Gasteiger partial charge in [0.25, 0.3) is 0 Å². The summed E-state index contributed by atoms with van der Waals surface area (Å²) in [6.45, 7) is 0. The molecule has 0 amide bonds. The molecule has 0 radical (unpaired) electrons. The van der Waals surface area contributed by atoms with Crippen LogP contribution in [0.25, 0.3) is 297 Å². The first kappa shape index (κ1) is 79.7. The minimum absolute atomic E-state index is 0.602. The van der Waals surface area contributed by atoms with Crippen molar-refractivity contribution in [2.24, 2.45) is 0 Å². The zero-order valence-electron chi connectivity index (χ0n) is 75.3. The molecule has 0 bridgehead atoms. The van der Waals surface area contributed by atoms with Crippen LogP contribution < -0.4 is 0 Å². The second-order valence-electron chi connectivity index (χ2n) is 35.9.